The minimum absolute atomic E-state index is 0.115. The van der Waals surface area contributed by atoms with E-state index < -0.39 is 0 Å². The van der Waals surface area contributed by atoms with E-state index in [1.165, 1.54) is 11.8 Å². The molecule has 0 saturated heterocycles. The zero-order chi connectivity index (χ0) is 16.8. The first-order valence-corrected chi connectivity index (χ1v) is 8.78. The third kappa shape index (κ3) is 4.45. The molecule has 126 valence electrons. The summed E-state index contributed by atoms with van der Waals surface area (Å²) in [6, 6.07) is 1.97. The maximum Gasteiger partial charge on any atom is 0.208 e. The van der Waals surface area contributed by atoms with Crippen LogP contribution in [0.1, 0.15) is 40.9 Å². The Bertz CT molecular complexity index is 663. The highest BCUT2D eigenvalue weighted by atomic mass is 32.2. The summed E-state index contributed by atoms with van der Waals surface area (Å²) in [5.41, 5.74) is 2.92. The van der Waals surface area contributed by atoms with Crippen molar-refractivity contribution in [1.82, 2.24) is 19.7 Å². The van der Waals surface area contributed by atoms with Crippen LogP contribution in [-0.4, -0.2) is 45.0 Å². The summed E-state index contributed by atoms with van der Waals surface area (Å²) in [5.74, 6) is 1.31. The predicted octanol–water partition coefficient (Wildman–Crippen LogP) is 2.80. The zero-order valence-electron chi connectivity index (χ0n) is 14.2. The lowest BCUT2D eigenvalue weighted by molar-refractivity contribution is 0.102. The second-order valence-electron chi connectivity index (χ2n) is 5.41. The van der Waals surface area contributed by atoms with Crippen LogP contribution in [0.15, 0.2) is 11.2 Å². The molecule has 6 nitrogen and oxygen atoms in total. The highest BCUT2D eigenvalue weighted by Gasteiger charge is 2.16. The van der Waals surface area contributed by atoms with Gasteiger partial charge in [0.15, 0.2) is 5.78 Å². The average Bonchev–Trinajstić information content (AvgIpc) is 3.11. The van der Waals surface area contributed by atoms with Crippen molar-refractivity contribution < 1.29 is 9.53 Å². The number of nitrogens with one attached hydrogen (secondary N) is 1. The number of carbonyl (C=O) groups is 1. The van der Waals surface area contributed by atoms with E-state index in [2.05, 4.69) is 19.7 Å². The molecule has 0 fully saturated rings. The van der Waals surface area contributed by atoms with Crippen LogP contribution in [0.2, 0.25) is 0 Å². The molecular formula is C16H24N4O2S. The van der Waals surface area contributed by atoms with Gasteiger partial charge in [0, 0.05) is 43.6 Å². The largest absolute Gasteiger partial charge is 0.385 e. The third-order valence-electron chi connectivity index (χ3n) is 3.78. The molecule has 2 aromatic heterocycles. The Morgan fingerprint density at radius 3 is 2.87 bits per heavy atom. The van der Waals surface area contributed by atoms with Crippen molar-refractivity contribution in [1.29, 1.82) is 0 Å². The van der Waals surface area contributed by atoms with Crippen LogP contribution in [0.25, 0.3) is 0 Å². The van der Waals surface area contributed by atoms with Crippen LogP contribution >= 0.6 is 11.8 Å². The number of thioether (sulfide) groups is 1. The molecule has 0 atom stereocenters. The summed E-state index contributed by atoms with van der Waals surface area (Å²) in [6.07, 6.45) is 1.75. The molecule has 0 saturated carbocycles. The van der Waals surface area contributed by atoms with E-state index in [1.54, 1.807) is 7.11 Å². The molecule has 2 heterocycles. The summed E-state index contributed by atoms with van der Waals surface area (Å²) in [4.78, 5) is 16.8. The number of ketones is 1. The van der Waals surface area contributed by atoms with E-state index in [0.29, 0.717) is 10.9 Å². The number of nitrogens with zero attached hydrogens (tertiary/aromatic N) is 3. The van der Waals surface area contributed by atoms with Crippen LogP contribution in [0.3, 0.4) is 0 Å². The van der Waals surface area contributed by atoms with E-state index in [1.807, 2.05) is 26.8 Å². The van der Waals surface area contributed by atoms with Gasteiger partial charge < -0.3 is 9.30 Å². The number of hydrogen-bond donors (Lipinski definition) is 1. The fraction of sp³-hybridized carbons (Fsp3) is 0.562. The van der Waals surface area contributed by atoms with E-state index >= 15 is 0 Å². The molecule has 0 aliphatic rings. The molecule has 0 bridgehead atoms. The Kier molecular flexibility index (Phi) is 6.41. The number of Topliss-reactive ketones (excluding diaryl/α,β-unsaturated/α-hetero) is 1. The normalized spacial score (nSPS) is 11.1. The van der Waals surface area contributed by atoms with Gasteiger partial charge in [-0.3, -0.25) is 9.89 Å². The van der Waals surface area contributed by atoms with Crippen molar-refractivity contribution in [2.45, 2.75) is 45.3 Å². The van der Waals surface area contributed by atoms with Crippen molar-refractivity contribution in [2.24, 2.45) is 0 Å². The molecule has 0 aliphatic carbocycles. The maximum absolute atomic E-state index is 12.5. The number of hydrogen-bond acceptors (Lipinski definition) is 5. The molecule has 0 aliphatic heterocycles. The predicted molar refractivity (Wildman–Crippen MR) is 91.2 cm³/mol. The van der Waals surface area contributed by atoms with Gasteiger partial charge in [-0.05, 0) is 26.3 Å². The van der Waals surface area contributed by atoms with Crippen LogP contribution in [0.4, 0.5) is 0 Å². The molecule has 0 amide bonds. The molecule has 1 N–H and O–H groups in total. The summed E-state index contributed by atoms with van der Waals surface area (Å²) >= 11 is 1.37. The standard InChI is InChI=1S/C16H24N4O2S/c1-5-15-17-16(19-18-15)23-10-14(21)13-9-11(2)20(12(13)3)7-6-8-22-4/h9H,5-8,10H2,1-4H3,(H,17,18,19). The maximum atomic E-state index is 12.5. The summed E-state index contributed by atoms with van der Waals surface area (Å²) in [7, 11) is 1.70. The Balaban J connectivity index is 2.00. The SMILES string of the molecule is CCc1nc(SCC(=O)c2cc(C)n(CCCOC)c2C)n[nH]1. The van der Waals surface area contributed by atoms with Gasteiger partial charge in [0.1, 0.15) is 5.82 Å². The molecular weight excluding hydrogens is 312 g/mol. The van der Waals surface area contributed by atoms with Gasteiger partial charge in [-0.2, -0.15) is 0 Å². The molecule has 2 aromatic rings. The number of H-pyrrole nitrogens is 1. The van der Waals surface area contributed by atoms with E-state index in [-0.39, 0.29) is 5.78 Å². The fourth-order valence-corrected chi connectivity index (χ4v) is 3.20. The molecule has 2 rings (SSSR count). The zero-order valence-corrected chi connectivity index (χ0v) is 15.0. The number of carbonyl (C=O) groups excluding carboxylic acids is 1. The van der Waals surface area contributed by atoms with E-state index in [0.717, 1.165) is 48.8 Å². The van der Waals surface area contributed by atoms with Crippen molar-refractivity contribution in [3.8, 4) is 0 Å². The number of aromatic amines is 1. The van der Waals surface area contributed by atoms with Gasteiger partial charge in [-0.15, -0.1) is 5.10 Å². The topological polar surface area (TPSA) is 72.8 Å². The number of methoxy groups -OCH3 is 1. The third-order valence-corrected chi connectivity index (χ3v) is 4.63. The van der Waals surface area contributed by atoms with Gasteiger partial charge in [0.25, 0.3) is 0 Å². The van der Waals surface area contributed by atoms with Crippen LogP contribution in [0, 0.1) is 13.8 Å². The van der Waals surface area contributed by atoms with E-state index in [9.17, 15) is 4.79 Å². The lowest BCUT2D eigenvalue weighted by Crippen LogP contribution is -2.08. The molecule has 0 unspecified atom stereocenters. The molecule has 7 heteroatoms. The summed E-state index contributed by atoms with van der Waals surface area (Å²) in [5, 5.41) is 7.60. The van der Waals surface area contributed by atoms with Gasteiger partial charge >= 0.3 is 0 Å². The van der Waals surface area contributed by atoms with Gasteiger partial charge in [-0.25, -0.2) is 4.98 Å². The van der Waals surface area contributed by atoms with Crippen molar-refractivity contribution in [2.75, 3.05) is 19.5 Å². The van der Waals surface area contributed by atoms with Gasteiger partial charge in [-0.1, -0.05) is 18.7 Å². The van der Waals surface area contributed by atoms with Crippen LogP contribution in [-0.2, 0) is 17.7 Å². The Morgan fingerprint density at radius 1 is 1.43 bits per heavy atom. The average molecular weight is 336 g/mol. The van der Waals surface area contributed by atoms with Crippen molar-refractivity contribution >= 4 is 17.5 Å². The molecule has 0 aromatic carbocycles. The fourth-order valence-electron chi connectivity index (χ4n) is 2.50. The number of aryl methyl sites for hydroxylation is 2. The van der Waals surface area contributed by atoms with Crippen LogP contribution < -0.4 is 0 Å². The highest BCUT2D eigenvalue weighted by Crippen LogP contribution is 2.20. The number of aromatic nitrogens is 4. The molecule has 23 heavy (non-hydrogen) atoms. The summed E-state index contributed by atoms with van der Waals surface area (Å²) < 4.78 is 7.28. The monoisotopic (exact) mass is 336 g/mol. The lowest BCUT2D eigenvalue weighted by Gasteiger charge is -2.09. The first kappa shape index (κ1) is 17.7. The van der Waals surface area contributed by atoms with Crippen LogP contribution in [0.5, 0.6) is 0 Å². The summed E-state index contributed by atoms with van der Waals surface area (Å²) in [6.45, 7) is 7.64. The Morgan fingerprint density at radius 2 is 2.22 bits per heavy atom. The van der Waals surface area contributed by atoms with Gasteiger partial charge in [0.2, 0.25) is 5.16 Å². The second-order valence-corrected chi connectivity index (χ2v) is 6.36. The van der Waals surface area contributed by atoms with E-state index in [4.69, 9.17) is 4.74 Å². The minimum Gasteiger partial charge on any atom is -0.385 e. The first-order chi connectivity index (χ1) is 11.1. The second kappa shape index (κ2) is 8.31. The Labute approximate surface area is 141 Å². The number of ether oxygens (including phenoxy) is 1. The minimum atomic E-state index is 0.115. The lowest BCUT2D eigenvalue weighted by atomic mass is 10.2. The first-order valence-electron chi connectivity index (χ1n) is 7.79. The smallest absolute Gasteiger partial charge is 0.208 e. The number of rotatable bonds is 9. The highest BCUT2D eigenvalue weighted by molar-refractivity contribution is 7.99. The molecule has 0 spiro atoms. The molecule has 0 radical (unpaired) electrons. The van der Waals surface area contributed by atoms with Crippen molar-refractivity contribution in [3.05, 3.63) is 28.8 Å². The van der Waals surface area contributed by atoms with Gasteiger partial charge in [0.05, 0.1) is 5.75 Å². The van der Waals surface area contributed by atoms with Crippen molar-refractivity contribution in [3.63, 3.8) is 0 Å². The quantitative estimate of drug-likeness (QED) is 0.433. The Hall–Kier alpha value is -1.60.